The molecule has 1 aliphatic heterocycles. The summed E-state index contributed by atoms with van der Waals surface area (Å²) in [4.78, 5) is 31.5. The number of nitrogens with zero attached hydrogens (tertiary/aromatic N) is 1. The van der Waals surface area contributed by atoms with E-state index in [4.69, 9.17) is 28.8 Å². The molecule has 2 aromatic carbocycles. The molecular formula is C26H30N2O11. The van der Waals surface area contributed by atoms with Crippen LogP contribution in [0.1, 0.15) is 11.1 Å². The number of nitrogens with one attached hydrogen (secondary N) is 1. The summed E-state index contributed by atoms with van der Waals surface area (Å²) >= 11 is 0. The molecule has 0 spiro atoms. The van der Waals surface area contributed by atoms with E-state index in [1.165, 1.54) is 14.2 Å². The van der Waals surface area contributed by atoms with Crippen molar-refractivity contribution >= 4 is 16.9 Å². The quantitative estimate of drug-likeness (QED) is 0.234. The Hall–Kier alpha value is -3.75. The third-order valence-electron chi connectivity index (χ3n) is 6.36. The van der Waals surface area contributed by atoms with Crippen LogP contribution in [0.2, 0.25) is 0 Å². The summed E-state index contributed by atoms with van der Waals surface area (Å²) in [6.45, 7) is 3.54. The maximum absolute atomic E-state index is 12.9. The summed E-state index contributed by atoms with van der Waals surface area (Å²) in [6, 6.07) is 6.86. The zero-order valence-corrected chi connectivity index (χ0v) is 21.7. The van der Waals surface area contributed by atoms with Crippen molar-refractivity contribution in [1.29, 1.82) is 0 Å². The average Bonchev–Trinajstić information content (AvgIpc) is 2.90. The first-order valence-electron chi connectivity index (χ1n) is 12.0. The Morgan fingerprint density at radius 1 is 1.00 bits per heavy atom. The molecule has 0 radical (unpaired) electrons. The topological polar surface area (TPSA) is 190 Å². The summed E-state index contributed by atoms with van der Waals surface area (Å²) in [5, 5.41) is 39.2. The SMILES string of the molecule is COc1cc(OC)c2c(=O)[nH]c(-c3cc(C)c(OCCO[C@@H]4O[C@H](C(=O)O)[C@@H](O)[C@H](O)[C@H]4O)c(C)c3)nc2c1. The molecule has 0 unspecified atom stereocenters. The number of fused-ring (bicyclic) bond motifs is 1. The van der Waals surface area contributed by atoms with Crippen LogP contribution in [0.25, 0.3) is 22.3 Å². The van der Waals surface area contributed by atoms with Crippen molar-refractivity contribution in [2.24, 2.45) is 0 Å². The van der Waals surface area contributed by atoms with E-state index in [0.717, 1.165) is 11.1 Å². The molecule has 0 bridgehead atoms. The van der Waals surface area contributed by atoms with Gasteiger partial charge >= 0.3 is 5.97 Å². The second-order valence-corrected chi connectivity index (χ2v) is 9.03. The van der Waals surface area contributed by atoms with Crippen LogP contribution < -0.4 is 19.8 Å². The number of hydrogen-bond acceptors (Lipinski definition) is 11. The number of aliphatic carboxylic acids is 1. The van der Waals surface area contributed by atoms with Crippen molar-refractivity contribution in [2.45, 2.75) is 44.6 Å². The van der Waals surface area contributed by atoms with E-state index < -0.39 is 36.7 Å². The summed E-state index contributed by atoms with van der Waals surface area (Å²) in [6.07, 6.45) is -8.40. The highest BCUT2D eigenvalue weighted by atomic mass is 16.7. The molecule has 1 aliphatic rings. The van der Waals surface area contributed by atoms with E-state index in [-0.39, 0.29) is 18.8 Å². The van der Waals surface area contributed by atoms with Gasteiger partial charge in [0.15, 0.2) is 12.4 Å². The highest BCUT2D eigenvalue weighted by Crippen LogP contribution is 2.32. The molecule has 5 N–H and O–H groups in total. The fourth-order valence-electron chi connectivity index (χ4n) is 4.44. The highest BCUT2D eigenvalue weighted by molar-refractivity contribution is 5.87. The summed E-state index contributed by atoms with van der Waals surface area (Å²) in [5.41, 5.74) is 2.19. The highest BCUT2D eigenvalue weighted by Gasteiger charge is 2.47. The largest absolute Gasteiger partial charge is 0.497 e. The van der Waals surface area contributed by atoms with Crippen LogP contribution in [0.15, 0.2) is 29.1 Å². The number of aryl methyl sites for hydroxylation is 2. The minimum atomic E-state index is -1.80. The second kappa shape index (κ2) is 11.6. The first kappa shape index (κ1) is 28.3. The maximum atomic E-state index is 12.9. The van der Waals surface area contributed by atoms with Crippen molar-refractivity contribution in [3.63, 3.8) is 0 Å². The molecule has 0 aliphatic carbocycles. The Labute approximate surface area is 222 Å². The fraction of sp³-hybridized carbons (Fsp3) is 0.423. The van der Waals surface area contributed by atoms with Crippen LogP contribution in [-0.4, -0.2) is 94.5 Å². The van der Waals surface area contributed by atoms with E-state index >= 15 is 0 Å². The number of aliphatic hydroxyl groups is 3. The number of aromatic amines is 1. The molecule has 1 aromatic heterocycles. The fourth-order valence-corrected chi connectivity index (χ4v) is 4.44. The predicted octanol–water partition coefficient (Wildman–Crippen LogP) is 0.512. The van der Waals surface area contributed by atoms with Crippen LogP contribution in [0, 0.1) is 13.8 Å². The molecule has 5 atom stereocenters. The Morgan fingerprint density at radius 3 is 2.31 bits per heavy atom. The monoisotopic (exact) mass is 546 g/mol. The van der Waals surface area contributed by atoms with E-state index in [1.807, 2.05) is 13.8 Å². The number of H-pyrrole nitrogens is 1. The lowest BCUT2D eigenvalue weighted by Gasteiger charge is -2.38. The molecule has 1 fully saturated rings. The number of rotatable bonds is 9. The molecule has 1 saturated heterocycles. The smallest absolute Gasteiger partial charge is 0.335 e. The van der Waals surface area contributed by atoms with Gasteiger partial charge < -0.3 is 49.1 Å². The van der Waals surface area contributed by atoms with E-state index in [0.29, 0.717) is 39.5 Å². The van der Waals surface area contributed by atoms with Gasteiger partial charge in [0.1, 0.15) is 53.4 Å². The molecule has 13 heteroatoms. The van der Waals surface area contributed by atoms with Crippen LogP contribution in [0.3, 0.4) is 0 Å². The van der Waals surface area contributed by atoms with E-state index in [2.05, 4.69) is 9.97 Å². The van der Waals surface area contributed by atoms with Gasteiger partial charge in [-0.15, -0.1) is 0 Å². The maximum Gasteiger partial charge on any atom is 0.335 e. The van der Waals surface area contributed by atoms with Gasteiger partial charge in [-0.1, -0.05) is 0 Å². The van der Waals surface area contributed by atoms with Crippen molar-refractivity contribution in [3.8, 4) is 28.6 Å². The molecule has 4 rings (SSSR count). The Balaban J connectivity index is 1.48. The number of hydrogen-bond donors (Lipinski definition) is 5. The van der Waals surface area contributed by atoms with E-state index in [1.54, 1.807) is 24.3 Å². The van der Waals surface area contributed by atoms with Gasteiger partial charge in [0.25, 0.3) is 5.56 Å². The van der Waals surface area contributed by atoms with Gasteiger partial charge in [0.05, 0.1) is 26.3 Å². The number of aliphatic hydroxyl groups excluding tert-OH is 3. The van der Waals surface area contributed by atoms with E-state index in [9.17, 15) is 24.9 Å². The van der Waals surface area contributed by atoms with Gasteiger partial charge in [0.2, 0.25) is 0 Å². The molecule has 3 aromatic rings. The first-order chi connectivity index (χ1) is 18.5. The molecule has 39 heavy (non-hydrogen) atoms. The Bertz CT molecular complexity index is 1400. The number of aromatic nitrogens is 2. The molecule has 0 amide bonds. The van der Waals surface area contributed by atoms with Gasteiger partial charge in [-0.25, -0.2) is 9.78 Å². The van der Waals surface area contributed by atoms with Crippen LogP contribution in [0.5, 0.6) is 17.2 Å². The standard InChI is InChI=1S/C26H30N2O11/c1-11-7-13(23-27-15-9-14(35-3)10-16(36-4)17(15)24(32)28-23)8-12(2)21(11)37-5-6-38-26-20(31)18(29)19(30)22(39-26)25(33)34/h7-10,18-20,22,26,29-31H,5-6H2,1-4H3,(H,33,34)(H,27,28,32)/t18-,19-,20+,22-,26+/m0/s1. The van der Waals surface area contributed by atoms with Gasteiger partial charge in [-0.3, -0.25) is 4.79 Å². The van der Waals surface area contributed by atoms with Crippen molar-refractivity contribution in [3.05, 3.63) is 45.7 Å². The summed E-state index contributed by atoms with van der Waals surface area (Å²) < 4.78 is 26.9. The number of benzene rings is 2. The number of methoxy groups -OCH3 is 2. The number of carbonyl (C=O) groups is 1. The number of carboxylic acids is 1. The lowest BCUT2D eigenvalue weighted by atomic mass is 9.99. The van der Waals surface area contributed by atoms with Gasteiger partial charge in [-0.05, 0) is 37.1 Å². The van der Waals surface area contributed by atoms with Crippen LogP contribution in [-0.2, 0) is 14.3 Å². The predicted molar refractivity (Wildman–Crippen MR) is 136 cm³/mol. The minimum Gasteiger partial charge on any atom is -0.497 e. The van der Waals surface area contributed by atoms with Crippen LogP contribution in [0.4, 0.5) is 0 Å². The molecule has 13 nitrogen and oxygen atoms in total. The number of carboxylic acid groups (broad SMARTS) is 1. The number of ether oxygens (including phenoxy) is 5. The summed E-state index contributed by atoms with van der Waals surface area (Å²) in [5.74, 6) is 0.249. The normalized spacial score (nSPS) is 23.0. The lowest BCUT2D eigenvalue weighted by Crippen LogP contribution is -2.60. The molecule has 210 valence electrons. The molecule has 2 heterocycles. The zero-order chi connectivity index (χ0) is 28.4. The Morgan fingerprint density at radius 2 is 1.69 bits per heavy atom. The second-order valence-electron chi connectivity index (χ2n) is 9.03. The van der Waals surface area contributed by atoms with Crippen LogP contribution >= 0.6 is 0 Å². The van der Waals surface area contributed by atoms with Crippen molar-refractivity contribution in [2.75, 3.05) is 27.4 Å². The van der Waals surface area contributed by atoms with Gasteiger partial charge in [-0.2, -0.15) is 0 Å². The third-order valence-corrected chi connectivity index (χ3v) is 6.36. The first-order valence-corrected chi connectivity index (χ1v) is 12.0. The average molecular weight is 547 g/mol. The third kappa shape index (κ3) is 5.67. The van der Waals surface area contributed by atoms with Crippen molar-refractivity contribution in [1.82, 2.24) is 9.97 Å². The zero-order valence-electron chi connectivity index (χ0n) is 21.7. The van der Waals surface area contributed by atoms with Gasteiger partial charge in [0, 0.05) is 17.7 Å². The lowest BCUT2D eigenvalue weighted by molar-refractivity contribution is -0.294. The molecular weight excluding hydrogens is 516 g/mol. The Kier molecular flexibility index (Phi) is 8.37. The summed E-state index contributed by atoms with van der Waals surface area (Å²) in [7, 11) is 2.97. The minimum absolute atomic E-state index is 0.00857. The molecule has 0 saturated carbocycles. The van der Waals surface area contributed by atoms with Crippen molar-refractivity contribution < 1.29 is 48.9 Å².